The number of carbonyl (C=O) groups excluding carboxylic acids is 1. The summed E-state index contributed by atoms with van der Waals surface area (Å²) in [6, 6.07) is 8.65. The van der Waals surface area contributed by atoms with Crippen molar-refractivity contribution in [3.05, 3.63) is 57.6 Å². The summed E-state index contributed by atoms with van der Waals surface area (Å²) in [5, 5.41) is 32.9. The van der Waals surface area contributed by atoms with Gasteiger partial charge in [-0.15, -0.1) is 0 Å². The Bertz CT molecular complexity index is 853. The number of nitro groups is 1. The molecule has 136 valence electrons. The summed E-state index contributed by atoms with van der Waals surface area (Å²) in [7, 11) is 0. The van der Waals surface area contributed by atoms with Crippen LogP contribution >= 0.6 is 0 Å². The molecule has 0 atom stereocenters. The number of aromatic hydroxyl groups is 1. The van der Waals surface area contributed by atoms with Crippen molar-refractivity contribution >= 4 is 23.5 Å². The Balaban J connectivity index is 1.93. The van der Waals surface area contributed by atoms with Crippen LogP contribution < -0.4 is 15.6 Å². The van der Waals surface area contributed by atoms with Gasteiger partial charge in [0.1, 0.15) is 11.4 Å². The summed E-state index contributed by atoms with van der Waals surface area (Å²) in [5.41, 5.74) is 5.07. The van der Waals surface area contributed by atoms with Crippen molar-refractivity contribution < 1.29 is 24.8 Å². The number of hydrazone groups is 1. The van der Waals surface area contributed by atoms with Crippen LogP contribution in [-0.4, -0.2) is 34.0 Å². The van der Waals surface area contributed by atoms with Crippen LogP contribution in [0.5, 0.6) is 11.5 Å². The predicted octanol–water partition coefficient (Wildman–Crippen LogP) is 1.94. The van der Waals surface area contributed by atoms with E-state index in [-0.39, 0.29) is 22.9 Å². The van der Waals surface area contributed by atoms with Gasteiger partial charge in [-0.25, -0.2) is 5.43 Å². The van der Waals surface area contributed by atoms with Crippen molar-refractivity contribution in [2.45, 2.75) is 6.92 Å². The first-order chi connectivity index (χ1) is 12.4. The number of nitro benzene ring substituents is 1. The van der Waals surface area contributed by atoms with Gasteiger partial charge in [0.2, 0.25) is 0 Å². The van der Waals surface area contributed by atoms with Gasteiger partial charge in [-0.3, -0.25) is 25.6 Å². The molecule has 0 unspecified atom stereocenters. The molecule has 10 nitrogen and oxygen atoms in total. The van der Waals surface area contributed by atoms with E-state index in [1.807, 2.05) is 5.48 Å². The van der Waals surface area contributed by atoms with E-state index in [9.17, 15) is 20.0 Å². The van der Waals surface area contributed by atoms with E-state index in [0.717, 1.165) is 0 Å². The largest absolute Gasteiger partial charge is 0.506 e. The number of carbonyl (C=O) groups is 1. The first-order valence-electron chi connectivity index (χ1n) is 7.33. The fraction of sp³-hybridized carbons (Fsp3) is 0.125. The van der Waals surface area contributed by atoms with E-state index in [1.165, 1.54) is 36.5 Å². The van der Waals surface area contributed by atoms with Crippen LogP contribution in [0.25, 0.3) is 0 Å². The number of benzene rings is 2. The van der Waals surface area contributed by atoms with Gasteiger partial charge in [-0.05, 0) is 42.3 Å². The van der Waals surface area contributed by atoms with Crippen molar-refractivity contribution in [3.63, 3.8) is 0 Å². The number of nitrogens with one attached hydrogen (secondary N) is 2. The molecule has 0 saturated carbocycles. The minimum absolute atomic E-state index is 0.0167. The minimum Gasteiger partial charge on any atom is -0.506 e. The van der Waals surface area contributed by atoms with Gasteiger partial charge in [-0.1, -0.05) is 6.07 Å². The molecule has 2 aromatic carbocycles. The number of ether oxygens (including phenoxy) is 1. The third kappa shape index (κ3) is 4.92. The zero-order chi connectivity index (χ0) is 19.1. The van der Waals surface area contributed by atoms with Crippen LogP contribution in [0.2, 0.25) is 0 Å². The molecule has 0 spiro atoms. The number of nitrogens with zero attached hydrogens (tertiary/aromatic N) is 2. The van der Waals surface area contributed by atoms with E-state index in [0.29, 0.717) is 11.1 Å². The first-order valence-corrected chi connectivity index (χ1v) is 7.33. The van der Waals surface area contributed by atoms with Crippen molar-refractivity contribution in [1.82, 2.24) is 5.43 Å². The second-order valence-electron chi connectivity index (χ2n) is 5.20. The smallest absolute Gasteiger partial charge is 0.311 e. The van der Waals surface area contributed by atoms with E-state index >= 15 is 0 Å². The standard InChI is InChI=1S/C16H16N4O6/c1-10-2-5-15(13(6-10)20(24)25)26-9-16(22)18-17-8-11-3-4-14(21)12(7-11)19-23/h2-8,19,21,23H,9H2,1H3,(H,18,22)/b17-8-. The fourth-order valence-corrected chi connectivity index (χ4v) is 1.97. The van der Waals surface area contributed by atoms with Crippen molar-refractivity contribution in [2.24, 2.45) is 5.10 Å². The third-order valence-corrected chi connectivity index (χ3v) is 3.21. The summed E-state index contributed by atoms with van der Waals surface area (Å²) in [5.74, 6) is -0.783. The number of hydrogen-bond acceptors (Lipinski definition) is 8. The Morgan fingerprint density at radius 2 is 2.12 bits per heavy atom. The Morgan fingerprint density at radius 3 is 2.81 bits per heavy atom. The number of anilines is 1. The lowest BCUT2D eigenvalue weighted by molar-refractivity contribution is -0.385. The number of hydrogen-bond donors (Lipinski definition) is 4. The molecule has 0 heterocycles. The summed E-state index contributed by atoms with van der Waals surface area (Å²) < 4.78 is 5.17. The molecule has 0 aliphatic rings. The SMILES string of the molecule is Cc1ccc(OCC(=O)N/N=C\c2ccc(O)c(NO)c2)c([N+](=O)[O-])c1. The average Bonchev–Trinajstić information content (AvgIpc) is 2.61. The Morgan fingerprint density at radius 1 is 1.35 bits per heavy atom. The quantitative estimate of drug-likeness (QED) is 0.255. The fourth-order valence-electron chi connectivity index (χ4n) is 1.97. The monoisotopic (exact) mass is 360 g/mol. The van der Waals surface area contributed by atoms with E-state index < -0.39 is 17.4 Å². The second-order valence-corrected chi connectivity index (χ2v) is 5.20. The van der Waals surface area contributed by atoms with Gasteiger partial charge < -0.3 is 9.84 Å². The molecule has 0 aliphatic heterocycles. The molecule has 2 aromatic rings. The summed E-state index contributed by atoms with van der Waals surface area (Å²) in [4.78, 5) is 22.1. The van der Waals surface area contributed by atoms with Gasteiger partial charge in [0, 0.05) is 6.07 Å². The van der Waals surface area contributed by atoms with Gasteiger partial charge >= 0.3 is 5.69 Å². The number of phenols is 1. The molecule has 1 amide bonds. The average molecular weight is 360 g/mol. The molecule has 0 aliphatic carbocycles. The third-order valence-electron chi connectivity index (χ3n) is 3.21. The summed E-state index contributed by atoms with van der Waals surface area (Å²) in [6.45, 7) is 1.25. The Hall–Kier alpha value is -3.66. The summed E-state index contributed by atoms with van der Waals surface area (Å²) >= 11 is 0. The first kappa shape index (κ1) is 18.7. The Labute approximate surface area is 147 Å². The molecular weight excluding hydrogens is 344 g/mol. The highest BCUT2D eigenvalue weighted by atomic mass is 16.6. The van der Waals surface area contributed by atoms with Crippen LogP contribution in [0.4, 0.5) is 11.4 Å². The number of phenolic OH excluding ortho intramolecular Hbond substituents is 1. The van der Waals surface area contributed by atoms with Crippen molar-refractivity contribution in [1.29, 1.82) is 0 Å². The van der Waals surface area contributed by atoms with Crippen LogP contribution in [0.15, 0.2) is 41.5 Å². The lowest BCUT2D eigenvalue weighted by Crippen LogP contribution is -2.24. The zero-order valence-corrected chi connectivity index (χ0v) is 13.7. The minimum atomic E-state index is -0.615. The molecule has 26 heavy (non-hydrogen) atoms. The second kappa shape index (κ2) is 8.44. The highest BCUT2D eigenvalue weighted by Gasteiger charge is 2.16. The van der Waals surface area contributed by atoms with E-state index in [2.05, 4.69) is 10.5 Å². The van der Waals surface area contributed by atoms with Gasteiger partial charge in [0.25, 0.3) is 5.91 Å². The van der Waals surface area contributed by atoms with Crippen LogP contribution in [0, 0.1) is 17.0 Å². The lowest BCUT2D eigenvalue weighted by Gasteiger charge is -2.06. The molecule has 0 radical (unpaired) electrons. The zero-order valence-electron chi connectivity index (χ0n) is 13.7. The maximum Gasteiger partial charge on any atom is 0.311 e. The van der Waals surface area contributed by atoms with Gasteiger partial charge in [0.05, 0.1) is 11.1 Å². The molecule has 0 aromatic heterocycles. The molecule has 4 N–H and O–H groups in total. The molecule has 0 saturated heterocycles. The normalized spacial score (nSPS) is 10.5. The lowest BCUT2D eigenvalue weighted by atomic mass is 10.2. The predicted molar refractivity (Wildman–Crippen MR) is 92.6 cm³/mol. The van der Waals surface area contributed by atoms with Gasteiger partial charge in [-0.2, -0.15) is 5.10 Å². The molecular formula is C16H16N4O6. The number of amides is 1. The number of rotatable bonds is 7. The summed E-state index contributed by atoms with van der Waals surface area (Å²) in [6.07, 6.45) is 1.28. The van der Waals surface area contributed by atoms with Crippen molar-refractivity contribution in [3.8, 4) is 11.5 Å². The highest BCUT2D eigenvalue weighted by Crippen LogP contribution is 2.27. The van der Waals surface area contributed by atoms with Crippen LogP contribution in [0.1, 0.15) is 11.1 Å². The maximum atomic E-state index is 11.7. The van der Waals surface area contributed by atoms with Crippen LogP contribution in [0.3, 0.4) is 0 Å². The highest BCUT2D eigenvalue weighted by molar-refractivity contribution is 5.84. The molecule has 0 fully saturated rings. The van der Waals surface area contributed by atoms with E-state index in [1.54, 1.807) is 13.0 Å². The maximum absolute atomic E-state index is 11.7. The molecule has 2 rings (SSSR count). The molecule has 0 bridgehead atoms. The van der Waals surface area contributed by atoms with E-state index in [4.69, 9.17) is 9.94 Å². The molecule has 10 heteroatoms. The number of aryl methyl sites for hydroxylation is 1. The van der Waals surface area contributed by atoms with Crippen molar-refractivity contribution in [2.75, 3.05) is 12.1 Å². The van der Waals surface area contributed by atoms with Crippen LogP contribution in [-0.2, 0) is 4.79 Å². The topological polar surface area (TPSA) is 146 Å². The van der Waals surface area contributed by atoms with Gasteiger partial charge in [0.15, 0.2) is 12.4 Å². The Kier molecular flexibility index (Phi) is 6.06.